The van der Waals surface area contributed by atoms with Crippen LogP contribution in [0.3, 0.4) is 0 Å². The fourth-order valence-corrected chi connectivity index (χ4v) is 3.86. The molecular weight excluding hydrogens is 370 g/mol. The Bertz CT molecular complexity index is 714. The van der Waals surface area contributed by atoms with Crippen molar-refractivity contribution in [1.82, 2.24) is 10.3 Å². The molecule has 1 aromatic heterocycles. The number of piperidine rings is 1. The Morgan fingerprint density at radius 2 is 2.08 bits per heavy atom. The maximum atomic E-state index is 12.2. The molecule has 1 fully saturated rings. The number of amides is 1. The summed E-state index contributed by atoms with van der Waals surface area (Å²) < 4.78 is 5.42. The minimum Gasteiger partial charge on any atom is -0.449 e. The molecule has 2 heterocycles. The highest BCUT2D eigenvalue weighted by Gasteiger charge is 2.17. The average Bonchev–Trinajstić information content (AvgIpc) is 3.12. The summed E-state index contributed by atoms with van der Waals surface area (Å²) in [7, 11) is 0. The zero-order chi connectivity index (χ0) is 17.6. The maximum Gasteiger partial charge on any atom is 0.411 e. The van der Waals surface area contributed by atoms with Gasteiger partial charge >= 0.3 is 6.09 Å². The molecule has 0 radical (unpaired) electrons. The lowest BCUT2D eigenvalue weighted by Crippen LogP contribution is -2.31. The Kier molecular flexibility index (Phi) is 7.87. The summed E-state index contributed by atoms with van der Waals surface area (Å²) in [6.07, 6.45) is 1.72. The molecule has 0 atom stereocenters. The van der Waals surface area contributed by atoms with E-state index in [0.29, 0.717) is 18.4 Å². The normalized spacial score (nSPS) is 14.7. The lowest BCUT2D eigenvalue weighted by molar-refractivity contribution is 0.131. The SMILES string of the molecule is CC(C)c1csc(-c2ccccc2NC(=O)OCC2CCNCC2)n1.Cl. The quantitative estimate of drug-likeness (QED) is 0.755. The first-order chi connectivity index (χ1) is 12.1. The van der Waals surface area contributed by atoms with E-state index in [1.54, 1.807) is 11.3 Å². The smallest absolute Gasteiger partial charge is 0.411 e. The van der Waals surface area contributed by atoms with Crippen molar-refractivity contribution in [2.45, 2.75) is 32.6 Å². The topological polar surface area (TPSA) is 63.2 Å². The highest BCUT2D eigenvalue weighted by molar-refractivity contribution is 7.13. The van der Waals surface area contributed by atoms with E-state index in [4.69, 9.17) is 4.74 Å². The number of nitrogens with one attached hydrogen (secondary N) is 2. The monoisotopic (exact) mass is 395 g/mol. The molecule has 1 aliphatic heterocycles. The highest BCUT2D eigenvalue weighted by atomic mass is 35.5. The molecule has 1 aromatic carbocycles. The molecule has 1 aliphatic rings. The minimum atomic E-state index is -0.397. The van der Waals surface area contributed by atoms with Crippen LogP contribution >= 0.6 is 23.7 Å². The predicted octanol–water partition coefficient (Wildman–Crippen LogP) is 4.90. The Balaban J connectivity index is 0.00000243. The summed E-state index contributed by atoms with van der Waals surface area (Å²) in [6, 6.07) is 7.73. The maximum absolute atomic E-state index is 12.2. The van der Waals surface area contributed by atoms with Gasteiger partial charge in [-0.25, -0.2) is 9.78 Å². The summed E-state index contributed by atoms with van der Waals surface area (Å²) >= 11 is 1.60. The van der Waals surface area contributed by atoms with Crippen molar-refractivity contribution in [2.75, 3.05) is 25.0 Å². The van der Waals surface area contributed by atoms with Gasteiger partial charge in [0.2, 0.25) is 0 Å². The molecular formula is C19H26ClN3O2S. The third-order valence-corrected chi connectivity index (χ3v) is 5.31. The molecule has 2 aromatic rings. The first kappa shape index (κ1) is 20.7. The molecule has 1 amide bonds. The van der Waals surface area contributed by atoms with E-state index in [2.05, 4.69) is 34.8 Å². The van der Waals surface area contributed by atoms with Crippen molar-refractivity contribution >= 4 is 35.5 Å². The average molecular weight is 396 g/mol. The molecule has 142 valence electrons. The second-order valence-electron chi connectivity index (χ2n) is 6.69. The van der Waals surface area contributed by atoms with E-state index < -0.39 is 6.09 Å². The number of hydrogen-bond donors (Lipinski definition) is 2. The summed E-state index contributed by atoms with van der Waals surface area (Å²) in [5.41, 5.74) is 2.74. The van der Waals surface area contributed by atoms with Crippen molar-refractivity contribution < 1.29 is 9.53 Å². The summed E-state index contributed by atoms with van der Waals surface area (Å²) in [5.74, 6) is 0.842. The van der Waals surface area contributed by atoms with Crippen molar-refractivity contribution in [3.05, 3.63) is 35.3 Å². The zero-order valence-corrected chi connectivity index (χ0v) is 16.8. The minimum absolute atomic E-state index is 0. The van der Waals surface area contributed by atoms with Crippen LogP contribution in [0.15, 0.2) is 29.6 Å². The summed E-state index contributed by atoms with van der Waals surface area (Å²) in [5, 5.41) is 9.18. The van der Waals surface area contributed by atoms with Crippen molar-refractivity contribution in [1.29, 1.82) is 0 Å². The predicted molar refractivity (Wildman–Crippen MR) is 109 cm³/mol. The number of aromatic nitrogens is 1. The third-order valence-electron chi connectivity index (χ3n) is 4.42. The largest absolute Gasteiger partial charge is 0.449 e. The van der Waals surface area contributed by atoms with Crippen LogP contribution in [0, 0.1) is 5.92 Å². The molecule has 0 bridgehead atoms. The van der Waals surface area contributed by atoms with Gasteiger partial charge in [0.05, 0.1) is 18.0 Å². The van der Waals surface area contributed by atoms with E-state index in [-0.39, 0.29) is 12.4 Å². The first-order valence-electron chi connectivity index (χ1n) is 8.83. The fraction of sp³-hybridized carbons (Fsp3) is 0.474. The second-order valence-corrected chi connectivity index (χ2v) is 7.55. The third kappa shape index (κ3) is 5.43. The van der Waals surface area contributed by atoms with Crippen LogP contribution in [-0.4, -0.2) is 30.8 Å². The molecule has 7 heteroatoms. The number of carbonyl (C=O) groups excluding carboxylic acids is 1. The van der Waals surface area contributed by atoms with E-state index in [0.717, 1.165) is 47.9 Å². The van der Waals surface area contributed by atoms with Crippen LogP contribution in [0.2, 0.25) is 0 Å². The molecule has 1 saturated heterocycles. The van der Waals surface area contributed by atoms with Crippen LogP contribution in [0.1, 0.15) is 38.3 Å². The van der Waals surface area contributed by atoms with Crippen LogP contribution in [0.5, 0.6) is 0 Å². The fourth-order valence-electron chi connectivity index (χ4n) is 2.84. The highest BCUT2D eigenvalue weighted by Crippen LogP contribution is 2.32. The van der Waals surface area contributed by atoms with Gasteiger partial charge in [-0.1, -0.05) is 26.0 Å². The van der Waals surface area contributed by atoms with E-state index in [9.17, 15) is 4.79 Å². The van der Waals surface area contributed by atoms with Crippen LogP contribution < -0.4 is 10.6 Å². The van der Waals surface area contributed by atoms with Crippen LogP contribution in [0.25, 0.3) is 10.6 Å². The number of halogens is 1. The van der Waals surface area contributed by atoms with Crippen molar-refractivity contribution in [2.24, 2.45) is 5.92 Å². The Labute approximate surface area is 165 Å². The number of anilines is 1. The molecule has 2 N–H and O–H groups in total. The van der Waals surface area contributed by atoms with Gasteiger partial charge in [-0.2, -0.15) is 0 Å². The number of carbonyl (C=O) groups is 1. The van der Waals surface area contributed by atoms with Gasteiger partial charge in [0, 0.05) is 10.9 Å². The number of nitrogens with zero attached hydrogens (tertiary/aromatic N) is 1. The summed E-state index contributed by atoms with van der Waals surface area (Å²) in [6.45, 7) is 6.73. The molecule has 3 rings (SSSR count). The van der Waals surface area contributed by atoms with Gasteiger partial charge in [-0.3, -0.25) is 5.32 Å². The van der Waals surface area contributed by atoms with Crippen molar-refractivity contribution in [3.8, 4) is 10.6 Å². The Hall–Kier alpha value is -1.63. The Morgan fingerprint density at radius 1 is 1.35 bits per heavy atom. The van der Waals surface area contributed by atoms with Gasteiger partial charge in [-0.15, -0.1) is 23.7 Å². The lowest BCUT2D eigenvalue weighted by Gasteiger charge is -2.22. The lowest BCUT2D eigenvalue weighted by atomic mass is 9.99. The molecule has 0 unspecified atom stereocenters. The van der Waals surface area contributed by atoms with Crippen LogP contribution in [0.4, 0.5) is 10.5 Å². The number of hydrogen-bond acceptors (Lipinski definition) is 5. The number of para-hydroxylation sites is 1. The van der Waals surface area contributed by atoms with E-state index in [1.165, 1.54) is 0 Å². The van der Waals surface area contributed by atoms with Crippen LogP contribution in [-0.2, 0) is 4.74 Å². The number of thiazole rings is 1. The molecule has 26 heavy (non-hydrogen) atoms. The first-order valence-corrected chi connectivity index (χ1v) is 9.70. The van der Waals surface area contributed by atoms with Gasteiger partial charge in [-0.05, 0) is 49.9 Å². The molecule has 0 saturated carbocycles. The zero-order valence-electron chi connectivity index (χ0n) is 15.2. The standard InChI is InChI=1S/C19H25N3O2S.ClH/c1-13(2)17-12-25-18(21-17)15-5-3-4-6-16(15)22-19(23)24-11-14-7-9-20-10-8-14;/h3-6,12-14,20H,7-11H2,1-2H3,(H,22,23);1H. The molecule has 0 aliphatic carbocycles. The Morgan fingerprint density at radius 3 is 2.77 bits per heavy atom. The van der Waals surface area contributed by atoms with Gasteiger partial charge in [0.25, 0.3) is 0 Å². The van der Waals surface area contributed by atoms with E-state index >= 15 is 0 Å². The number of rotatable bonds is 5. The van der Waals surface area contributed by atoms with Crippen molar-refractivity contribution in [3.63, 3.8) is 0 Å². The second kappa shape index (κ2) is 9.90. The van der Waals surface area contributed by atoms with E-state index in [1.807, 2.05) is 24.3 Å². The number of ether oxygens (including phenoxy) is 1. The molecule has 5 nitrogen and oxygen atoms in total. The van der Waals surface area contributed by atoms with Gasteiger partial charge in [0.15, 0.2) is 0 Å². The van der Waals surface area contributed by atoms with Gasteiger partial charge in [0.1, 0.15) is 5.01 Å². The van der Waals surface area contributed by atoms with Gasteiger partial charge < -0.3 is 10.1 Å². The number of benzene rings is 1. The summed E-state index contributed by atoms with van der Waals surface area (Å²) in [4.78, 5) is 16.9. The molecule has 0 spiro atoms.